The van der Waals surface area contributed by atoms with Gasteiger partial charge in [-0.15, -0.1) is 6.58 Å². The van der Waals surface area contributed by atoms with Gasteiger partial charge in [0, 0.05) is 10.5 Å². The van der Waals surface area contributed by atoms with Gasteiger partial charge in [0.1, 0.15) is 0 Å². The summed E-state index contributed by atoms with van der Waals surface area (Å²) in [6.07, 6.45) is 2.91. The highest BCUT2D eigenvalue weighted by Gasteiger charge is 2.10. The molecule has 1 aromatic carbocycles. The van der Waals surface area contributed by atoms with E-state index >= 15 is 0 Å². The number of benzene rings is 1. The van der Waals surface area contributed by atoms with Gasteiger partial charge in [0.05, 0.1) is 0 Å². The van der Waals surface area contributed by atoms with Crippen LogP contribution in [-0.2, 0) is 0 Å². The first kappa shape index (κ1) is 12.5. The summed E-state index contributed by atoms with van der Waals surface area (Å²) in [6.45, 7) is 8.04. The Morgan fingerprint density at radius 3 is 2.33 bits per heavy atom. The standard InChI is InChI=1S/C13H18BrN/c1-5-6-12(15-4)11-7-9(2)13(14)10(3)8-11/h5,7-8,12,15H,1,6H2,2-4H3. The Morgan fingerprint density at radius 1 is 1.40 bits per heavy atom. The Bertz CT molecular complexity index is 335. The lowest BCUT2D eigenvalue weighted by Gasteiger charge is -2.17. The zero-order valence-electron chi connectivity index (χ0n) is 9.60. The summed E-state index contributed by atoms with van der Waals surface area (Å²) in [5.41, 5.74) is 3.90. The maximum Gasteiger partial charge on any atom is 0.0352 e. The number of rotatable bonds is 4. The van der Waals surface area contributed by atoms with Crippen LogP contribution in [0, 0.1) is 13.8 Å². The molecule has 0 heterocycles. The van der Waals surface area contributed by atoms with Crippen molar-refractivity contribution >= 4 is 15.9 Å². The highest BCUT2D eigenvalue weighted by atomic mass is 79.9. The summed E-state index contributed by atoms with van der Waals surface area (Å²) in [6, 6.07) is 4.82. The number of aryl methyl sites for hydroxylation is 2. The largest absolute Gasteiger partial charge is 0.313 e. The molecule has 1 unspecified atom stereocenters. The van der Waals surface area contributed by atoms with Gasteiger partial charge in [-0.05, 0) is 44.0 Å². The molecule has 82 valence electrons. The highest BCUT2D eigenvalue weighted by Crippen LogP contribution is 2.26. The minimum atomic E-state index is 0.369. The van der Waals surface area contributed by atoms with Crippen LogP contribution < -0.4 is 5.32 Å². The van der Waals surface area contributed by atoms with Crippen molar-refractivity contribution in [1.29, 1.82) is 0 Å². The fraction of sp³-hybridized carbons (Fsp3) is 0.385. The molecule has 1 atom stereocenters. The number of hydrogen-bond donors (Lipinski definition) is 1. The van der Waals surface area contributed by atoms with Crippen molar-refractivity contribution in [1.82, 2.24) is 5.32 Å². The molecule has 1 N–H and O–H groups in total. The van der Waals surface area contributed by atoms with Crippen LogP contribution in [-0.4, -0.2) is 7.05 Å². The predicted octanol–water partition coefficient (Wildman–Crippen LogP) is 3.90. The molecule has 0 saturated heterocycles. The molecule has 1 aromatic rings. The molecule has 0 saturated carbocycles. The zero-order valence-corrected chi connectivity index (χ0v) is 11.2. The predicted molar refractivity (Wildman–Crippen MR) is 70.2 cm³/mol. The lowest BCUT2D eigenvalue weighted by atomic mass is 9.99. The van der Waals surface area contributed by atoms with E-state index < -0.39 is 0 Å². The first-order chi connectivity index (χ1) is 7.10. The van der Waals surface area contributed by atoms with Crippen LogP contribution in [0.1, 0.15) is 29.2 Å². The molecule has 0 aliphatic rings. The minimum absolute atomic E-state index is 0.369. The maximum atomic E-state index is 3.79. The topological polar surface area (TPSA) is 12.0 Å². The summed E-state index contributed by atoms with van der Waals surface area (Å²) < 4.78 is 1.21. The third-order valence-electron chi connectivity index (χ3n) is 2.61. The van der Waals surface area contributed by atoms with E-state index in [1.165, 1.54) is 21.2 Å². The van der Waals surface area contributed by atoms with E-state index in [9.17, 15) is 0 Å². The molecule has 0 radical (unpaired) electrons. The summed E-state index contributed by atoms with van der Waals surface area (Å²) >= 11 is 3.58. The van der Waals surface area contributed by atoms with Crippen LogP contribution >= 0.6 is 15.9 Å². The minimum Gasteiger partial charge on any atom is -0.313 e. The number of hydrogen-bond acceptors (Lipinski definition) is 1. The molecule has 0 bridgehead atoms. The average Bonchev–Trinajstić information content (AvgIpc) is 2.22. The van der Waals surface area contributed by atoms with Gasteiger partial charge in [0.15, 0.2) is 0 Å². The van der Waals surface area contributed by atoms with Gasteiger partial charge in [0.2, 0.25) is 0 Å². The van der Waals surface area contributed by atoms with Crippen LogP contribution in [0.4, 0.5) is 0 Å². The van der Waals surface area contributed by atoms with Crippen LogP contribution in [0.25, 0.3) is 0 Å². The average molecular weight is 268 g/mol. The van der Waals surface area contributed by atoms with E-state index in [0.717, 1.165) is 6.42 Å². The van der Waals surface area contributed by atoms with E-state index in [2.05, 4.69) is 53.8 Å². The van der Waals surface area contributed by atoms with Gasteiger partial charge >= 0.3 is 0 Å². The zero-order chi connectivity index (χ0) is 11.4. The maximum absolute atomic E-state index is 3.79. The van der Waals surface area contributed by atoms with Crippen molar-refractivity contribution in [2.24, 2.45) is 0 Å². The molecule has 0 spiro atoms. The Hall–Kier alpha value is -0.600. The van der Waals surface area contributed by atoms with Crippen LogP contribution in [0.15, 0.2) is 29.3 Å². The van der Waals surface area contributed by atoms with Gasteiger partial charge in [-0.3, -0.25) is 0 Å². The molecule has 0 aliphatic carbocycles. The van der Waals surface area contributed by atoms with Crippen molar-refractivity contribution < 1.29 is 0 Å². The van der Waals surface area contributed by atoms with Crippen molar-refractivity contribution in [3.05, 3.63) is 46.0 Å². The number of nitrogens with one attached hydrogen (secondary N) is 1. The molecular weight excluding hydrogens is 250 g/mol. The summed E-state index contributed by atoms with van der Waals surface area (Å²) in [5.74, 6) is 0. The quantitative estimate of drug-likeness (QED) is 0.816. The normalized spacial score (nSPS) is 12.5. The van der Waals surface area contributed by atoms with E-state index in [4.69, 9.17) is 0 Å². The Morgan fingerprint density at radius 2 is 1.93 bits per heavy atom. The van der Waals surface area contributed by atoms with Crippen molar-refractivity contribution in [3.8, 4) is 0 Å². The molecule has 1 nitrogen and oxygen atoms in total. The molecule has 0 aromatic heterocycles. The second-order valence-electron chi connectivity index (χ2n) is 3.83. The third-order valence-corrected chi connectivity index (χ3v) is 3.86. The van der Waals surface area contributed by atoms with Gasteiger partial charge < -0.3 is 5.32 Å². The fourth-order valence-corrected chi connectivity index (χ4v) is 2.00. The van der Waals surface area contributed by atoms with Gasteiger partial charge in [-0.1, -0.05) is 34.1 Å². The van der Waals surface area contributed by atoms with Gasteiger partial charge in [-0.25, -0.2) is 0 Å². The van der Waals surface area contributed by atoms with Gasteiger partial charge in [-0.2, -0.15) is 0 Å². The van der Waals surface area contributed by atoms with Crippen molar-refractivity contribution in [3.63, 3.8) is 0 Å². The van der Waals surface area contributed by atoms with Crippen LogP contribution in [0.5, 0.6) is 0 Å². The highest BCUT2D eigenvalue weighted by molar-refractivity contribution is 9.10. The Labute approximate surface area is 101 Å². The Kier molecular flexibility index (Phi) is 4.55. The first-order valence-electron chi connectivity index (χ1n) is 5.15. The molecule has 1 rings (SSSR count). The van der Waals surface area contributed by atoms with E-state index in [1.807, 2.05) is 13.1 Å². The molecule has 2 heteroatoms. The van der Waals surface area contributed by atoms with E-state index in [0.29, 0.717) is 6.04 Å². The Balaban J connectivity index is 3.08. The summed E-state index contributed by atoms with van der Waals surface area (Å²) in [7, 11) is 1.99. The molecule has 0 aliphatic heterocycles. The lowest BCUT2D eigenvalue weighted by Crippen LogP contribution is -2.15. The molecule has 15 heavy (non-hydrogen) atoms. The summed E-state index contributed by atoms with van der Waals surface area (Å²) in [5, 5.41) is 3.31. The van der Waals surface area contributed by atoms with Crippen LogP contribution in [0.2, 0.25) is 0 Å². The van der Waals surface area contributed by atoms with E-state index in [1.54, 1.807) is 0 Å². The second kappa shape index (κ2) is 5.47. The number of halogens is 1. The second-order valence-corrected chi connectivity index (χ2v) is 4.63. The molecule has 0 amide bonds. The summed E-state index contributed by atoms with van der Waals surface area (Å²) in [4.78, 5) is 0. The smallest absolute Gasteiger partial charge is 0.0352 e. The van der Waals surface area contributed by atoms with E-state index in [-0.39, 0.29) is 0 Å². The third kappa shape index (κ3) is 2.93. The lowest BCUT2D eigenvalue weighted by molar-refractivity contribution is 0.603. The fourth-order valence-electron chi connectivity index (χ4n) is 1.77. The van der Waals surface area contributed by atoms with Crippen molar-refractivity contribution in [2.75, 3.05) is 7.05 Å². The monoisotopic (exact) mass is 267 g/mol. The molecular formula is C13H18BrN. The SMILES string of the molecule is C=CCC(NC)c1cc(C)c(Br)c(C)c1. The van der Waals surface area contributed by atoms with Crippen molar-refractivity contribution in [2.45, 2.75) is 26.3 Å². The first-order valence-corrected chi connectivity index (χ1v) is 5.94. The molecule has 0 fully saturated rings. The van der Waals surface area contributed by atoms with Crippen LogP contribution in [0.3, 0.4) is 0 Å². The van der Waals surface area contributed by atoms with Gasteiger partial charge in [0.25, 0.3) is 0 Å².